The number of rotatable bonds is 12. The average molecular weight is 791 g/mol. The van der Waals surface area contributed by atoms with Crippen molar-refractivity contribution in [2.45, 2.75) is 77.5 Å². The Morgan fingerprint density at radius 1 is 0.855 bits per heavy atom. The molecule has 0 unspecified atom stereocenters. The van der Waals surface area contributed by atoms with Crippen LogP contribution in [0.4, 0.5) is 5.69 Å². The molecule has 0 radical (unpaired) electrons. The fourth-order valence-corrected chi connectivity index (χ4v) is 9.16. The number of halogens is 2. The number of aliphatic hydroxyl groups excluding tert-OH is 1. The Hall–Kier alpha value is -4.07. The van der Waals surface area contributed by atoms with Crippen LogP contribution in [0.25, 0.3) is 11.1 Å². The number of anilines is 1. The number of carboxylic acid groups (broad SMARTS) is 1. The highest BCUT2D eigenvalue weighted by Crippen LogP contribution is 2.39. The second-order valence-corrected chi connectivity index (χ2v) is 16.2. The standard InChI is InChI=1S/C41H49Cl2N7O5/c1-24(51)21-50-19-16-33-32(23-50)44-38(47(33)2)35(52)20-27-6-4-7-28(36(27)42)29-8-5-9-30(37(29)43)46-40(53)39-45-31-22-49(18-15-34(31)48(39)3)17-14-25-10-12-26(13-11-25)41(54)55/h4-9,24-26,51H,10-23H2,1-3H3,(H,46,53)(H,54,55)/t24-,25?,26?/m1/s1. The molecule has 7 rings (SSSR count). The Kier molecular flexibility index (Phi) is 11.8. The van der Waals surface area contributed by atoms with Crippen molar-refractivity contribution in [1.82, 2.24) is 28.9 Å². The van der Waals surface area contributed by atoms with Crippen molar-refractivity contribution in [2.24, 2.45) is 25.9 Å². The summed E-state index contributed by atoms with van der Waals surface area (Å²) in [5, 5.41) is 22.9. The van der Waals surface area contributed by atoms with Crippen LogP contribution in [0, 0.1) is 11.8 Å². The van der Waals surface area contributed by atoms with E-state index in [0.29, 0.717) is 69.6 Å². The average Bonchev–Trinajstić information content (AvgIpc) is 3.67. The van der Waals surface area contributed by atoms with Crippen LogP contribution in [-0.4, -0.2) is 89.1 Å². The molecule has 0 bridgehead atoms. The lowest BCUT2D eigenvalue weighted by Gasteiger charge is -2.30. The maximum Gasteiger partial charge on any atom is 0.306 e. The maximum absolute atomic E-state index is 13.7. The number of nitrogens with zero attached hydrogens (tertiary/aromatic N) is 6. The molecule has 1 amide bonds. The summed E-state index contributed by atoms with van der Waals surface area (Å²) < 4.78 is 3.75. The van der Waals surface area contributed by atoms with E-state index < -0.39 is 12.1 Å². The van der Waals surface area contributed by atoms with E-state index in [1.54, 1.807) is 19.1 Å². The lowest BCUT2D eigenvalue weighted by molar-refractivity contribution is -0.143. The van der Waals surface area contributed by atoms with Crippen LogP contribution < -0.4 is 5.32 Å². The number of hydrogen-bond acceptors (Lipinski definition) is 8. The molecule has 292 valence electrons. The molecule has 1 fully saturated rings. The number of aliphatic carboxylic acids is 1. The van der Waals surface area contributed by atoms with Gasteiger partial charge in [0.15, 0.2) is 11.6 Å². The van der Waals surface area contributed by atoms with Gasteiger partial charge >= 0.3 is 5.97 Å². The molecule has 55 heavy (non-hydrogen) atoms. The predicted molar refractivity (Wildman–Crippen MR) is 212 cm³/mol. The summed E-state index contributed by atoms with van der Waals surface area (Å²) in [7, 11) is 3.74. The topological polar surface area (TPSA) is 146 Å². The molecule has 1 atom stereocenters. The van der Waals surface area contributed by atoms with Gasteiger partial charge in [0.25, 0.3) is 5.91 Å². The Balaban J connectivity index is 1.01. The summed E-state index contributed by atoms with van der Waals surface area (Å²) in [6.07, 6.45) is 5.64. The van der Waals surface area contributed by atoms with E-state index in [2.05, 4.69) is 15.1 Å². The van der Waals surface area contributed by atoms with Crippen LogP contribution in [0.3, 0.4) is 0 Å². The third-order valence-corrected chi connectivity index (χ3v) is 12.5. The molecular weight excluding hydrogens is 741 g/mol. The molecule has 14 heteroatoms. The minimum absolute atomic E-state index is 0.0525. The molecule has 3 aliphatic rings. The number of carbonyl (C=O) groups excluding carboxylic acids is 2. The van der Waals surface area contributed by atoms with Gasteiger partial charge in [0, 0.05) is 88.6 Å². The molecule has 1 saturated carbocycles. The van der Waals surface area contributed by atoms with Crippen molar-refractivity contribution in [1.29, 1.82) is 0 Å². The summed E-state index contributed by atoms with van der Waals surface area (Å²) >= 11 is 14.0. The third-order valence-electron chi connectivity index (χ3n) is 11.7. The summed E-state index contributed by atoms with van der Waals surface area (Å²) in [5.74, 6) is -0.140. The quantitative estimate of drug-likeness (QED) is 0.143. The van der Waals surface area contributed by atoms with E-state index >= 15 is 0 Å². The Bertz CT molecular complexity index is 2100. The largest absolute Gasteiger partial charge is 0.481 e. The number of β-amino-alcohol motifs (C(OH)–C–C–N with tert-alkyl or cyclic N) is 1. The van der Waals surface area contributed by atoms with Crippen molar-refractivity contribution in [3.05, 3.63) is 86.4 Å². The predicted octanol–water partition coefficient (Wildman–Crippen LogP) is 6.18. The monoisotopic (exact) mass is 789 g/mol. The van der Waals surface area contributed by atoms with Gasteiger partial charge in [0.05, 0.1) is 39.1 Å². The highest BCUT2D eigenvalue weighted by molar-refractivity contribution is 6.39. The zero-order chi connectivity index (χ0) is 39.0. The maximum atomic E-state index is 13.7. The van der Waals surface area contributed by atoms with Crippen LogP contribution >= 0.6 is 23.2 Å². The van der Waals surface area contributed by atoms with Crippen molar-refractivity contribution in [2.75, 3.05) is 31.5 Å². The van der Waals surface area contributed by atoms with Crippen LogP contribution in [-0.2, 0) is 51.2 Å². The van der Waals surface area contributed by atoms with Gasteiger partial charge in [-0.3, -0.25) is 24.2 Å². The first kappa shape index (κ1) is 39.2. The molecule has 2 aromatic carbocycles. The van der Waals surface area contributed by atoms with E-state index in [1.807, 2.05) is 47.5 Å². The summed E-state index contributed by atoms with van der Waals surface area (Å²) in [6.45, 7) is 6.18. The first-order valence-electron chi connectivity index (χ1n) is 19.2. The van der Waals surface area contributed by atoms with Gasteiger partial charge in [0.1, 0.15) is 0 Å². The number of imidazole rings is 2. The van der Waals surface area contributed by atoms with Crippen molar-refractivity contribution in [3.63, 3.8) is 0 Å². The number of ketones is 1. The zero-order valence-corrected chi connectivity index (χ0v) is 33.2. The van der Waals surface area contributed by atoms with E-state index in [4.69, 9.17) is 33.2 Å². The van der Waals surface area contributed by atoms with Gasteiger partial charge in [0.2, 0.25) is 5.78 Å². The Morgan fingerprint density at radius 3 is 2.13 bits per heavy atom. The van der Waals surface area contributed by atoms with Crippen molar-refractivity contribution in [3.8, 4) is 11.1 Å². The summed E-state index contributed by atoms with van der Waals surface area (Å²) in [6, 6.07) is 10.9. The number of hydrogen-bond donors (Lipinski definition) is 3. The second-order valence-electron chi connectivity index (χ2n) is 15.5. The number of benzene rings is 2. The summed E-state index contributed by atoms with van der Waals surface area (Å²) in [4.78, 5) is 52.7. The molecule has 0 saturated heterocycles. The number of aromatic nitrogens is 4. The van der Waals surface area contributed by atoms with E-state index in [1.165, 1.54) is 0 Å². The third kappa shape index (κ3) is 8.39. The number of aliphatic hydroxyl groups is 1. The van der Waals surface area contributed by atoms with Crippen molar-refractivity contribution >= 4 is 46.5 Å². The number of carboxylic acids is 1. The highest BCUT2D eigenvalue weighted by atomic mass is 35.5. The SMILES string of the molecule is C[C@@H](O)CN1CCc2c(nc(C(=O)Cc3cccc(-c4cccc(NC(=O)c5nc6c(n5C)CCN(CCC5CCC(C(=O)O)CC5)C6)c4Cl)c3Cl)n2C)C1. The minimum Gasteiger partial charge on any atom is -0.481 e. The lowest BCUT2D eigenvalue weighted by Crippen LogP contribution is -2.36. The molecule has 12 nitrogen and oxygen atoms in total. The van der Waals surface area contributed by atoms with Crippen LogP contribution in [0.1, 0.15) is 88.6 Å². The summed E-state index contributed by atoms with van der Waals surface area (Å²) in [5.41, 5.74) is 6.17. The van der Waals surface area contributed by atoms with Gasteiger partial charge in [-0.1, -0.05) is 53.5 Å². The lowest BCUT2D eigenvalue weighted by atomic mass is 9.80. The van der Waals surface area contributed by atoms with E-state index in [0.717, 1.165) is 87.4 Å². The molecular formula is C41H49Cl2N7O5. The normalized spacial score (nSPS) is 19.5. The molecule has 1 aliphatic carbocycles. The van der Waals surface area contributed by atoms with Gasteiger partial charge < -0.3 is 24.7 Å². The van der Waals surface area contributed by atoms with Crippen molar-refractivity contribution < 1.29 is 24.6 Å². The fourth-order valence-electron chi connectivity index (χ4n) is 8.59. The van der Waals surface area contributed by atoms with Gasteiger partial charge in [-0.2, -0.15) is 0 Å². The Morgan fingerprint density at radius 2 is 1.45 bits per heavy atom. The molecule has 0 spiro atoms. The minimum atomic E-state index is -0.672. The molecule has 4 heterocycles. The second kappa shape index (κ2) is 16.6. The molecule has 3 N–H and O–H groups in total. The number of Topliss-reactive ketones (excluding diaryl/α,β-unsaturated/α-hetero) is 1. The first-order chi connectivity index (χ1) is 26.4. The van der Waals surface area contributed by atoms with Crippen LogP contribution in [0.15, 0.2) is 36.4 Å². The fraction of sp³-hybridized carbons (Fsp3) is 0.488. The van der Waals surface area contributed by atoms with Gasteiger partial charge in [-0.05, 0) is 63.1 Å². The number of carbonyl (C=O) groups is 3. The van der Waals surface area contributed by atoms with E-state index in [-0.39, 0.29) is 24.0 Å². The van der Waals surface area contributed by atoms with Crippen LogP contribution in [0.2, 0.25) is 10.0 Å². The number of nitrogens with one attached hydrogen (secondary N) is 1. The van der Waals surface area contributed by atoms with Gasteiger partial charge in [-0.15, -0.1) is 0 Å². The number of fused-ring (bicyclic) bond motifs is 2. The van der Waals surface area contributed by atoms with Crippen LogP contribution in [0.5, 0.6) is 0 Å². The smallest absolute Gasteiger partial charge is 0.306 e. The molecule has 2 aromatic heterocycles. The molecule has 2 aliphatic heterocycles. The zero-order valence-electron chi connectivity index (χ0n) is 31.7. The highest BCUT2D eigenvalue weighted by Gasteiger charge is 2.30. The van der Waals surface area contributed by atoms with E-state index in [9.17, 15) is 24.6 Å². The first-order valence-corrected chi connectivity index (χ1v) is 20.0. The number of amides is 1. The van der Waals surface area contributed by atoms with Gasteiger partial charge in [-0.25, -0.2) is 9.97 Å². The Labute approximate surface area is 331 Å². The molecule has 4 aromatic rings.